The number of benzene rings is 1. The first-order valence-corrected chi connectivity index (χ1v) is 11.0. The first-order chi connectivity index (χ1) is 14.4. The van der Waals surface area contributed by atoms with Crippen LogP contribution in [0.5, 0.6) is 0 Å². The van der Waals surface area contributed by atoms with Gasteiger partial charge < -0.3 is 34.3 Å². The molecule has 6 atom stereocenters. The highest BCUT2D eigenvalue weighted by molar-refractivity contribution is 9.10. The van der Waals surface area contributed by atoms with E-state index in [2.05, 4.69) is 26.6 Å². The monoisotopic (exact) mass is 498 g/mol. The molecule has 0 radical (unpaired) electrons. The molecular weight excluding hydrogens is 472 g/mol. The molecule has 3 saturated heterocycles. The van der Waals surface area contributed by atoms with E-state index in [1.807, 2.05) is 12.1 Å². The summed E-state index contributed by atoms with van der Waals surface area (Å²) < 4.78 is 30.5. The fraction of sp³-hybridized carbons (Fsp3) is 0.619. The van der Waals surface area contributed by atoms with Gasteiger partial charge in [-0.15, -0.1) is 0 Å². The second kappa shape index (κ2) is 8.09. The van der Waals surface area contributed by atoms with E-state index in [4.69, 9.17) is 23.7 Å². The number of nitrogens with one attached hydrogen (secondary N) is 2. The van der Waals surface area contributed by atoms with Crippen molar-refractivity contribution in [2.24, 2.45) is 0 Å². The van der Waals surface area contributed by atoms with Crippen molar-refractivity contribution in [3.05, 3.63) is 28.7 Å². The maximum absolute atomic E-state index is 13.1. The Morgan fingerprint density at radius 2 is 1.52 bits per heavy atom. The number of rotatable bonds is 4. The largest absolute Gasteiger partial charge is 0.342 e. The zero-order chi connectivity index (χ0) is 22.6. The Kier molecular flexibility index (Phi) is 5.91. The first kappa shape index (κ1) is 22.6. The third-order valence-electron chi connectivity index (χ3n) is 5.28. The van der Waals surface area contributed by atoms with Gasteiger partial charge in [0, 0.05) is 10.2 Å². The van der Waals surface area contributed by atoms with Crippen LogP contribution in [0, 0.1) is 0 Å². The molecule has 0 aliphatic carbocycles. The quantitative estimate of drug-likeness (QED) is 0.655. The highest BCUT2D eigenvalue weighted by Crippen LogP contribution is 2.44. The standard InChI is InChI=1S/C21H27BrN2O7/c1-10(17(25)24-12-8-6-11(22)7-9-12)23-18(26)15-13-14(29-20(2,3)28-13)16-19(27-15)31-21(4,5)30-16/h6-10,13-16,19H,1-5H3,(H,23,26)(H,24,25)/t10-,13-,14+,15+,16+,19+/m0/s1. The van der Waals surface area contributed by atoms with Gasteiger partial charge >= 0.3 is 0 Å². The molecule has 170 valence electrons. The Morgan fingerprint density at radius 3 is 2.19 bits per heavy atom. The molecule has 31 heavy (non-hydrogen) atoms. The number of anilines is 1. The topological polar surface area (TPSA) is 104 Å². The molecular formula is C21H27BrN2O7. The normalized spacial score (nSPS) is 33.8. The zero-order valence-corrected chi connectivity index (χ0v) is 19.6. The van der Waals surface area contributed by atoms with E-state index in [-0.39, 0.29) is 5.91 Å². The summed E-state index contributed by atoms with van der Waals surface area (Å²) >= 11 is 3.35. The molecule has 4 rings (SSSR count). The summed E-state index contributed by atoms with van der Waals surface area (Å²) in [6, 6.07) is 6.35. The van der Waals surface area contributed by atoms with Gasteiger partial charge in [-0.05, 0) is 58.9 Å². The Bertz CT molecular complexity index is 860. The smallest absolute Gasteiger partial charge is 0.252 e. The highest BCUT2D eigenvalue weighted by atomic mass is 79.9. The van der Waals surface area contributed by atoms with Crippen molar-refractivity contribution in [1.82, 2.24) is 5.32 Å². The molecule has 0 bridgehead atoms. The van der Waals surface area contributed by atoms with Crippen LogP contribution in [0.25, 0.3) is 0 Å². The van der Waals surface area contributed by atoms with Crippen molar-refractivity contribution < 1.29 is 33.3 Å². The number of hydrogen-bond donors (Lipinski definition) is 2. The van der Waals surface area contributed by atoms with Gasteiger partial charge in [0.15, 0.2) is 24.0 Å². The fourth-order valence-corrected chi connectivity index (χ4v) is 4.23. The number of ether oxygens (including phenoxy) is 5. The van der Waals surface area contributed by atoms with Gasteiger partial charge in [-0.2, -0.15) is 0 Å². The summed E-state index contributed by atoms with van der Waals surface area (Å²) in [6.07, 6.45) is -3.57. The van der Waals surface area contributed by atoms with Crippen LogP contribution in [-0.4, -0.2) is 60.1 Å². The summed E-state index contributed by atoms with van der Waals surface area (Å²) in [5, 5.41) is 5.47. The number of fused-ring (bicyclic) bond motifs is 3. The number of carbonyl (C=O) groups is 2. The minimum absolute atomic E-state index is 0.355. The van der Waals surface area contributed by atoms with Crippen LogP contribution in [0.3, 0.4) is 0 Å². The predicted octanol–water partition coefficient (Wildman–Crippen LogP) is 2.29. The van der Waals surface area contributed by atoms with E-state index in [1.54, 1.807) is 46.8 Å². The van der Waals surface area contributed by atoms with Gasteiger partial charge in [-0.25, -0.2) is 0 Å². The lowest BCUT2D eigenvalue weighted by Gasteiger charge is -2.36. The molecule has 0 spiro atoms. The number of hydrogen-bond acceptors (Lipinski definition) is 7. The Labute approximate surface area is 189 Å². The summed E-state index contributed by atoms with van der Waals surface area (Å²) in [6.45, 7) is 8.68. The Morgan fingerprint density at radius 1 is 0.935 bits per heavy atom. The second-order valence-corrected chi connectivity index (χ2v) is 9.73. The molecule has 3 aliphatic rings. The lowest BCUT2D eigenvalue weighted by molar-refractivity contribution is -0.231. The van der Waals surface area contributed by atoms with Gasteiger partial charge in [-0.3, -0.25) is 9.59 Å². The van der Waals surface area contributed by atoms with Crippen LogP contribution in [-0.2, 0) is 33.3 Å². The zero-order valence-electron chi connectivity index (χ0n) is 18.0. The van der Waals surface area contributed by atoms with Crippen molar-refractivity contribution in [2.75, 3.05) is 5.32 Å². The Balaban J connectivity index is 1.44. The van der Waals surface area contributed by atoms with Crippen molar-refractivity contribution in [3.8, 4) is 0 Å². The first-order valence-electron chi connectivity index (χ1n) is 10.2. The summed E-state index contributed by atoms with van der Waals surface area (Å²) in [5.41, 5.74) is 0.624. The summed E-state index contributed by atoms with van der Waals surface area (Å²) in [4.78, 5) is 25.6. The van der Waals surface area contributed by atoms with Gasteiger partial charge in [0.1, 0.15) is 24.4 Å². The number of carbonyl (C=O) groups excluding carboxylic acids is 2. The predicted molar refractivity (Wildman–Crippen MR) is 113 cm³/mol. The minimum atomic E-state index is -1.02. The summed E-state index contributed by atoms with van der Waals surface area (Å²) in [5.74, 6) is -2.63. The molecule has 9 nitrogen and oxygen atoms in total. The molecule has 3 aliphatic heterocycles. The van der Waals surface area contributed by atoms with Crippen molar-refractivity contribution in [1.29, 1.82) is 0 Å². The van der Waals surface area contributed by atoms with Gasteiger partial charge in [0.25, 0.3) is 5.91 Å². The molecule has 3 fully saturated rings. The molecule has 0 unspecified atom stereocenters. The third-order valence-corrected chi connectivity index (χ3v) is 5.81. The van der Waals surface area contributed by atoms with E-state index in [9.17, 15) is 9.59 Å². The van der Waals surface area contributed by atoms with E-state index >= 15 is 0 Å². The SMILES string of the molecule is C[C@H](NC(=O)[C@@H]1O[C@@H]2OC(C)(C)O[C@@H]2[C@@H]2OC(C)(C)O[C@@H]21)C(=O)Nc1ccc(Br)cc1. The third kappa shape index (κ3) is 4.79. The molecule has 10 heteroatoms. The van der Waals surface area contributed by atoms with E-state index in [0.717, 1.165) is 4.47 Å². The number of amides is 2. The van der Waals surface area contributed by atoms with Crippen molar-refractivity contribution in [3.63, 3.8) is 0 Å². The Hall–Kier alpha value is -1.56. The molecule has 1 aromatic rings. The average molecular weight is 499 g/mol. The van der Waals surface area contributed by atoms with Crippen LogP contribution in [0.4, 0.5) is 5.69 Å². The van der Waals surface area contributed by atoms with Gasteiger partial charge in [0.05, 0.1) is 0 Å². The van der Waals surface area contributed by atoms with Crippen LogP contribution in [0.15, 0.2) is 28.7 Å². The maximum atomic E-state index is 13.1. The lowest BCUT2D eigenvalue weighted by Crippen LogP contribution is -2.60. The second-order valence-electron chi connectivity index (χ2n) is 8.82. The van der Waals surface area contributed by atoms with Crippen LogP contribution >= 0.6 is 15.9 Å². The van der Waals surface area contributed by atoms with Gasteiger partial charge in [-0.1, -0.05) is 15.9 Å². The molecule has 2 amide bonds. The maximum Gasteiger partial charge on any atom is 0.252 e. The van der Waals surface area contributed by atoms with E-state index < -0.39 is 54.2 Å². The van der Waals surface area contributed by atoms with Crippen molar-refractivity contribution >= 4 is 33.4 Å². The summed E-state index contributed by atoms with van der Waals surface area (Å²) in [7, 11) is 0. The molecule has 0 aromatic heterocycles. The van der Waals surface area contributed by atoms with Crippen LogP contribution < -0.4 is 10.6 Å². The van der Waals surface area contributed by atoms with E-state index in [0.29, 0.717) is 5.69 Å². The molecule has 3 heterocycles. The van der Waals surface area contributed by atoms with Crippen LogP contribution in [0.2, 0.25) is 0 Å². The fourth-order valence-electron chi connectivity index (χ4n) is 3.97. The van der Waals surface area contributed by atoms with Crippen LogP contribution in [0.1, 0.15) is 34.6 Å². The minimum Gasteiger partial charge on any atom is -0.342 e. The molecule has 1 aromatic carbocycles. The molecule has 2 N–H and O–H groups in total. The average Bonchev–Trinajstić information content (AvgIpc) is 3.16. The van der Waals surface area contributed by atoms with E-state index in [1.165, 1.54) is 0 Å². The lowest BCUT2D eigenvalue weighted by atomic mass is 9.98. The highest BCUT2D eigenvalue weighted by Gasteiger charge is 2.62. The molecule has 0 saturated carbocycles. The van der Waals surface area contributed by atoms with Crippen molar-refractivity contribution in [2.45, 2.75) is 82.9 Å². The van der Waals surface area contributed by atoms with Gasteiger partial charge in [0.2, 0.25) is 5.91 Å². The number of halogens is 1.